The lowest BCUT2D eigenvalue weighted by atomic mass is 9.59. The Bertz CT molecular complexity index is 1170. The molecule has 1 aliphatic carbocycles. The van der Waals surface area contributed by atoms with Crippen LogP contribution in [0, 0.1) is 5.41 Å². The number of anilines is 1. The summed E-state index contributed by atoms with van der Waals surface area (Å²) in [4.78, 5) is 25.0. The van der Waals surface area contributed by atoms with Crippen molar-refractivity contribution in [1.29, 1.82) is 0 Å². The molecule has 1 amide bonds. The number of carboxylic acids is 1. The standard InChI is InChI=1S/C31H47Cl2FN4O5/c1-19(26(39)38-29(5)11-9-24(27(40)41)43-18-29)37-30(14-12-28(3,4)13-15-30)31(42,25(34)10-16-36-20(2)32)22-8-7-21(33)17-23(22)35-6/h7-8,17,19,24-25,35-37,42H,2,9-16,18H2,1,3-6H3,(H,38,39)(H,40,41)/t19-,24+,25?,29?,31?/m1/s1. The van der Waals surface area contributed by atoms with Crippen molar-refractivity contribution in [3.63, 3.8) is 0 Å². The van der Waals surface area contributed by atoms with E-state index in [9.17, 15) is 19.8 Å². The highest BCUT2D eigenvalue weighted by Crippen LogP contribution is 2.52. The molecule has 1 aromatic carbocycles. The number of nitrogens with one attached hydrogen (secondary N) is 4. The van der Waals surface area contributed by atoms with Gasteiger partial charge in [-0.05, 0) is 76.3 Å². The van der Waals surface area contributed by atoms with E-state index in [-0.39, 0.29) is 42.5 Å². The molecule has 3 rings (SSSR count). The number of rotatable bonds is 13. The lowest BCUT2D eigenvalue weighted by molar-refractivity contribution is -0.157. The van der Waals surface area contributed by atoms with Gasteiger partial charge in [-0.25, -0.2) is 9.18 Å². The molecule has 3 unspecified atom stereocenters. The fraction of sp³-hybridized carbons (Fsp3) is 0.677. The second kappa shape index (κ2) is 13.9. The molecule has 6 N–H and O–H groups in total. The minimum absolute atomic E-state index is 0.0409. The van der Waals surface area contributed by atoms with Crippen LogP contribution in [0.5, 0.6) is 0 Å². The van der Waals surface area contributed by atoms with Crippen LogP contribution >= 0.6 is 23.2 Å². The molecule has 0 aromatic heterocycles. The van der Waals surface area contributed by atoms with Crippen LogP contribution in [-0.4, -0.2) is 71.7 Å². The summed E-state index contributed by atoms with van der Waals surface area (Å²) in [5.74, 6) is -1.38. The molecule has 0 spiro atoms. The van der Waals surface area contributed by atoms with Gasteiger partial charge in [-0.2, -0.15) is 0 Å². The van der Waals surface area contributed by atoms with Gasteiger partial charge in [0.25, 0.3) is 0 Å². The van der Waals surface area contributed by atoms with Crippen molar-refractivity contribution in [2.45, 2.75) is 108 Å². The van der Waals surface area contributed by atoms with E-state index in [1.165, 1.54) is 0 Å². The van der Waals surface area contributed by atoms with E-state index in [2.05, 4.69) is 41.7 Å². The maximum absolute atomic E-state index is 16.8. The smallest absolute Gasteiger partial charge is 0.332 e. The lowest BCUT2D eigenvalue weighted by Crippen LogP contribution is -2.70. The largest absolute Gasteiger partial charge is 0.479 e. The third-order valence-corrected chi connectivity index (χ3v) is 9.53. The van der Waals surface area contributed by atoms with Gasteiger partial charge in [-0.1, -0.05) is 49.7 Å². The predicted octanol–water partition coefficient (Wildman–Crippen LogP) is 5.05. The Morgan fingerprint density at radius 2 is 1.86 bits per heavy atom. The van der Waals surface area contributed by atoms with Gasteiger partial charge in [-0.3, -0.25) is 10.1 Å². The van der Waals surface area contributed by atoms with Gasteiger partial charge in [0.15, 0.2) is 6.10 Å². The summed E-state index contributed by atoms with van der Waals surface area (Å²) in [5.41, 5.74) is -3.32. The van der Waals surface area contributed by atoms with Crippen LogP contribution in [0.1, 0.15) is 78.2 Å². The Morgan fingerprint density at radius 3 is 2.40 bits per heavy atom. The summed E-state index contributed by atoms with van der Waals surface area (Å²) in [6.45, 7) is 11.6. The first-order valence-electron chi connectivity index (χ1n) is 14.8. The number of alkyl halides is 1. The molecular formula is C31H47Cl2FN4O5. The zero-order valence-corrected chi connectivity index (χ0v) is 27.3. The molecular weight excluding hydrogens is 598 g/mol. The van der Waals surface area contributed by atoms with E-state index >= 15 is 4.39 Å². The SMILES string of the molecule is C=C(Cl)NCCC(F)C(O)(c1ccc(Cl)cc1NC)C1(N[C@H](C)C(=O)NC2(C)CC[C@@H](C(=O)O)OC2)CCC(C)(C)CC1. The molecule has 5 atom stereocenters. The Morgan fingerprint density at radius 1 is 1.21 bits per heavy atom. The van der Waals surface area contributed by atoms with Crippen molar-refractivity contribution in [1.82, 2.24) is 16.0 Å². The average Bonchev–Trinajstić information content (AvgIpc) is 2.93. The van der Waals surface area contributed by atoms with E-state index < -0.39 is 41.0 Å². The van der Waals surface area contributed by atoms with Crippen LogP contribution in [-0.2, 0) is 19.9 Å². The Balaban J connectivity index is 2.01. The molecule has 43 heavy (non-hydrogen) atoms. The second-order valence-electron chi connectivity index (χ2n) is 13.1. The second-order valence-corrected chi connectivity index (χ2v) is 14.0. The molecule has 1 aliphatic heterocycles. The summed E-state index contributed by atoms with van der Waals surface area (Å²) in [6.07, 6.45) is 0.0996. The van der Waals surface area contributed by atoms with Gasteiger partial charge in [-0.15, -0.1) is 0 Å². The zero-order valence-electron chi connectivity index (χ0n) is 25.8. The topological polar surface area (TPSA) is 132 Å². The molecule has 1 saturated carbocycles. The number of benzene rings is 1. The minimum Gasteiger partial charge on any atom is -0.479 e. The highest BCUT2D eigenvalue weighted by Gasteiger charge is 2.59. The summed E-state index contributed by atoms with van der Waals surface area (Å²) in [6, 6.07) is 4.08. The maximum Gasteiger partial charge on any atom is 0.332 e. The van der Waals surface area contributed by atoms with Gasteiger partial charge in [0, 0.05) is 29.9 Å². The van der Waals surface area contributed by atoms with Crippen molar-refractivity contribution < 1.29 is 28.9 Å². The van der Waals surface area contributed by atoms with Gasteiger partial charge in [0.05, 0.1) is 28.9 Å². The van der Waals surface area contributed by atoms with Gasteiger partial charge in [0.2, 0.25) is 5.91 Å². The summed E-state index contributed by atoms with van der Waals surface area (Å²) >= 11 is 12.2. The van der Waals surface area contributed by atoms with Crippen LogP contribution in [0.25, 0.3) is 0 Å². The Hall–Kier alpha value is -2.11. The third kappa shape index (κ3) is 8.14. The van der Waals surface area contributed by atoms with Crippen LogP contribution < -0.4 is 21.3 Å². The van der Waals surface area contributed by atoms with E-state index in [4.69, 9.17) is 27.9 Å². The minimum atomic E-state index is -2.08. The average molecular weight is 646 g/mol. The number of aliphatic carboxylic acids is 1. The molecule has 1 aromatic rings. The Kier molecular flexibility index (Phi) is 11.4. The number of aliphatic hydroxyl groups is 1. The molecule has 1 saturated heterocycles. The highest BCUT2D eigenvalue weighted by atomic mass is 35.5. The fourth-order valence-corrected chi connectivity index (χ4v) is 6.65. The van der Waals surface area contributed by atoms with Crippen molar-refractivity contribution in [2.75, 3.05) is 25.5 Å². The van der Waals surface area contributed by atoms with Crippen molar-refractivity contribution >= 4 is 40.8 Å². The number of halogens is 3. The quantitative estimate of drug-likeness (QED) is 0.164. The van der Waals surface area contributed by atoms with Gasteiger partial charge < -0.3 is 30.9 Å². The molecule has 12 heteroatoms. The predicted molar refractivity (Wildman–Crippen MR) is 168 cm³/mol. The summed E-state index contributed by atoms with van der Waals surface area (Å²) in [5, 5.41) is 35.1. The van der Waals surface area contributed by atoms with Gasteiger partial charge in [0.1, 0.15) is 11.8 Å². The molecule has 2 fully saturated rings. The molecule has 242 valence electrons. The van der Waals surface area contributed by atoms with Crippen LogP contribution in [0.15, 0.2) is 29.9 Å². The van der Waals surface area contributed by atoms with Crippen LogP contribution in [0.4, 0.5) is 10.1 Å². The lowest BCUT2D eigenvalue weighted by Gasteiger charge is -2.55. The van der Waals surface area contributed by atoms with E-state index in [1.54, 1.807) is 32.2 Å². The van der Waals surface area contributed by atoms with E-state index in [1.807, 2.05) is 6.92 Å². The van der Waals surface area contributed by atoms with Crippen LogP contribution in [0.2, 0.25) is 5.02 Å². The van der Waals surface area contributed by atoms with E-state index in [0.29, 0.717) is 48.4 Å². The number of amides is 1. The summed E-state index contributed by atoms with van der Waals surface area (Å²) < 4.78 is 22.3. The number of ether oxygens (including phenoxy) is 1. The third-order valence-electron chi connectivity index (χ3n) is 9.16. The first-order valence-corrected chi connectivity index (χ1v) is 15.6. The van der Waals surface area contributed by atoms with Crippen molar-refractivity contribution in [3.8, 4) is 0 Å². The van der Waals surface area contributed by atoms with Crippen molar-refractivity contribution in [3.05, 3.63) is 40.5 Å². The normalized spacial score (nSPS) is 25.9. The van der Waals surface area contributed by atoms with Crippen LogP contribution in [0.3, 0.4) is 0 Å². The molecule has 0 bridgehead atoms. The molecule has 0 radical (unpaired) electrons. The first-order chi connectivity index (χ1) is 20.0. The Labute approximate surface area is 264 Å². The van der Waals surface area contributed by atoms with Crippen molar-refractivity contribution in [2.24, 2.45) is 5.41 Å². The monoisotopic (exact) mass is 644 g/mol. The number of carbonyl (C=O) groups is 2. The highest BCUT2D eigenvalue weighted by molar-refractivity contribution is 6.30. The number of hydrogen-bond acceptors (Lipinski definition) is 7. The maximum atomic E-state index is 16.8. The van der Waals surface area contributed by atoms with E-state index in [0.717, 1.165) is 0 Å². The molecule has 9 nitrogen and oxygen atoms in total. The first kappa shape index (κ1) is 35.4. The van der Waals surface area contributed by atoms with Gasteiger partial charge >= 0.3 is 5.97 Å². The fourth-order valence-electron chi connectivity index (χ4n) is 6.38. The molecule has 1 heterocycles. The number of carboxylic acid groups (broad SMARTS) is 1. The number of carbonyl (C=O) groups excluding carboxylic acids is 1. The molecule has 2 aliphatic rings. The summed E-state index contributed by atoms with van der Waals surface area (Å²) in [7, 11) is 1.68. The number of hydrogen-bond donors (Lipinski definition) is 6. The zero-order chi connectivity index (χ0) is 32.2.